The predicted molar refractivity (Wildman–Crippen MR) is 79.0 cm³/mol. The van der Waals surface area contributed by atoms with Crippen LogP contribution in [0.3, 0.4) is 0 Å². The number of hydrogen-bond acceptors (Lipinski definition) is 3. The molecule has 0 amide bonds. The highest BCUT2D eigenvalue weighted by Gasteiger charge is 2.37. The third-order valence-electron chi connectivity index (χ3n) is 3.64. The summed E-state index contributed by atoms with van der Waals surface area (Å²) < 4.78 is 14.2. The highest BCUT2D eigenvalue weighted by Crippen LogP contribution is 2.41. The minimum absolute atomic E-state index is 0.139. The van der Waals surface area contributed by atoms with Crippen molar-refractivity contribution in [1.29, 1.82) is 0 Å². The van der Waals surface area contributed by atoms with Gasteiger partial charge in [-0.15, -0.1) is 0 Å². The van der Waals surface area contributed by atoms with Gasteiger partial charge in [0.2, 0.25) is 0 Å². The second kappa shape index (κ2) is 5.90. The summed E-state index contributed by atoms with van der Waals surface area (Å²) in [4.78, 5) is 0. The number of benzene rings is 1. The Labute approximate surface area is 120 Å². The first kappa shape index (κ1) is 14.3. The Hall–Kier alpha value is -0.100. The third kappa shape index (κ3) is 2.90. The lowest BCUT2D eigenvalue weighted by Crippen LogP contribution is -2.50. The van der Waals surface area contributed by atoms with E-state index in [1.54, 1.807) is 6.07 Å². The fraction of sp³-hybridized carbons (Fsp3) is 0.538. The van der Waals surface area contributed by atoms with Gasteiger partial charge < -0.3 is 0 Å². The zero-order valence-electron chi connectivity index (χ0n) is 10.4. The van der Waals surface area contributed by atoms with Gasteiger partial charge in [-0.05, 0) is 59.5 Å². The van der Waals surface area contributed by atoms with E-state index in [1.807, 2.05) is 17.8 Å². The topological polar surface area (TPSA) is 38.0 Å². The Morgan fingerprint density at radius 1 is 1.61 bits per heavy atom. The Balaban J connectivity index is 2.17. The lowest BCUT2D eigenvalue weighted by atomic mass is 9.91. The molecule has 3 N–H and O–H groups in total. The van der Waals surface area contributed by atoms with Crippen molar-refractivity contribution in [2.45, 2.75) is 37.0 Å². The van der Waals surface area contributed by atoms with E-state index in [2.05, 4.69) is 28.3 Å². The monoisotopic (exact) mass is 332 g/mol. The van der Waals surface area contributed by atoms with Crippen LogP contribution in [0.4, 0.5) is 4.39 Å². The van der Waals surface area contributed by atoms with E-state index >= 15 is 0 Å². The second-order valence-corrected chi connectivity index (χ2v) is 7.32. The zero-order valence-corrected chi connectivity index (χ0v) is 12.8. The first-order chi connectivity index (χ1) is 8.57. The smallest absolute Gasteiger partial charge is 0.137 e. The van der Waals surface area contributed by atoms with E-state index in [0.29, 0.717) is 4.47 Å². The number of hydrogen-bond donors (Lipinski definition) is 2. The van der Waals surface area contributed by atoms with Crippen molar-refractivity contribution < 1.29 is 4.39 Å². The van der Waals surface area contributed by atoms with Crippen LogP contribution in [0.15, 0.2) is 22.7 Å². The molecule has 100 valence electrons. The van der Waals surface area contributed by atoms with E-state index < -0.39 is 0 Å². The first-order valence-corrected chi connectivity index (χ1v) is 7.87. The molecular formula is C13H18BrFN2S. The van der Waals surface area contributed by atoms with Crippen molar-refractivity contribution in [3.8, 4) is 0 Å². The molecule has 1 aliphatic heterocycles. The Morgan fingerprint density at radius 2 is 2.39 bits per heavy atom. The van der Waals surface area contributed by atoms with E-state index in [9.17, 15) is 4.39 Å². The largest absolute Gasteiger partial charge is 0.271 e. The van der Waals surface area contributed by atoms with Gasteiger partial charge in [0.25, 0.3) is 0 Å². The van der Waals surface area contributed by atoms with E-state index in [4.69, 9.17) is 5.84 Å². The number of thioether (sulfide) groups is 1. The molecule has 2 rings (SSSR count). The molecule has 1 aliphatic rings. The molecule has 2 atom stereocenters. The maximum atomic E-state index is 13.5. The number of rotatable bonds is 4. The normalized spacial score (nSPS) is 25.3. The Morgan fingerprint density at radius 3 is 3.00 bits per heavy atom. The second-order valence-electron chi connectivity index (χ2n) is 4.90. The van der Waals surface area contributed by atoms with Gasteiger partial charge in [-0.1, -0.05) is 12.1 Å². The molecule has 18 heavy (non-hydrogen) atoms. The number of hydrazine groups is 1. The zero-order chi connectivity index (χ0) is 13.2. The van der Waals surface area contributed by atoms with Gasteiger partial charge >= 0.3 is 0 Å². The quantitative estimate of drug-likeness (QED) is 0.656. The molecular weight excluding hydrogens is 315 g/mol. The van der Waals surface area contributed by atoms with Crippen LogP contribution in [0.1, 0.15) is 25.3 Å². The molecule has 2 unspecified atom stereocenters. The van der Waals surface area contributed by atoms with Gasteiger partial charge in [-0.25, -0.2) is 4.39 Å². The van der Waals surface area contributed by atoms with Gasteiger partial charge in [0.15, 0.2) is 0 Å². The highest BCUT2D eigenvalue weighted by molar-refractivity contribution is 9.10. The SMILES string of the molecule is CC1(C(Cc2cccc(F)c2Br)NN)CCCS1. The number of halogens is 2. The molecule has 1 saturated heterocycles. The molecule has 1 aromatic rings. The van der Waals surface area contributed by atoms with Gasteiger partial charge in [-0.3, -0.25) is 11.3 Å². The Bertz CT molecular complexity index is 421. The molecule has 0 bridgehead atoms. The minimum Gasteiger partial charge on any atom is -0.271 e. The van der Waals surface area contributed by atoms with Crippen LogP contribution in [0.5, 0.6) is 0 Å². The first-order valence-electron chi connectivity index (χ1n) is 6.10. The summed E-state index contributed by atoms with van der Waals surface area (Å²) >= 11 is 5.27. The molecule has 5 heteroatoms. The van der Waals surface area contributed by atoms with Crippen molar-refractivity contribution in [2.75, 3.05) is 5.75 Å². The van der Waals surface area contributed by atoms with Crippen LogP contribution >= 0.6 is 27.7 Å². The molecule has 0 spiro atoms. The maximum absolute atomic E-state index is 13.5. The van der Waals surface area contributed by atoms with Crippen molar-refractivity contribution in [1.82, 2.24) is 5.43 Å². The fourth-order valence-electron chi connectivity index (χ4n) is 2.45. The molecule has 1 heterocycles. The average molecular weight is 333 g/mol. The van der Waals surface area contributed by atoms with Crippen molar-refractivity contribution in [3.63, 3.8) is 0 Å². The summed E-state index contributed by atoms with van der Waals surface area (Å²) in [5.41, 5.74) is 3.88. The molecule has 0 saturated carbocycles. The molecule has 2 nitrogen and oxygen atoms in total. The summed E-state index contributed by atoms with van der Waals surface area (Å²) in [5.74, 6) is 6.67. The van der Waals surface area contributed by atoms with Crippen LogP contribution in [0.25, 0.3) is 0 Å². The molecule has 1 fully saturated rings. The molecule has 0 aliphatic carbocycles. The fourth-order valence-corrected chi connectivity index (χ4v) is 4.28. The predicted octanol–water partition coefficient (Wildman–Crippen LogP) is 3.25. The maximum Gasteiger partial charge on any atom is 0.137 e. The van der Waals surface area contributed by atoms with E-state index in [-0.39, 0.29) is 16.6 Å². The summed E-state index contributed by atoms with van der Waals surface area (Å²) in [6.45, 7) is 2.24. The van der Waals surface area contributed by atoms with E-state index in [1.165, 1.54) is 18.2 Å². The lowest BCUT2D eigenvalue weighted by molar-refractivity contribution is 0.404. The summed E-state index contributed by atoms with van der Waals surface area (Å²) in [6, 6.07) is 5.31. The van der Waals surface area contributed by atoms with Crippen molar-refractivity contribution >= 4 is 27.7 Å². The van der Waals surface area contributed by atoms with Gasteiger partial charge in [-0.2, -0.15) is 11.8 Å². The van der Waals surface area contributed by atoms with Crippen LogP contribution in [-0.4, -0.2) is 16.5 Å². The van der Waals surface area contributed by atoms with Crippen LogP contribution < -0.4 is 11.3 Å². The minimum atomic E-state index is -0.215. The summed E-state index contributed by atoms with van der Waals surface area (Å²) in [7, 11) is 0. The molecule has 0 radical (unpaired) electrons. The van der Waals surface area contributed by atoms with Gasteiger partial charge in [0.1, 0.15) is 5.82 Å². The highest BCUT2D eigenvalue weighted by atomic mass is 79.9. The van der Waals surface area contributed by atoms with Gasteiger partial charge in [0, 0.05) is 10.8 Å². The van der Waals surface area contributed by atoms with Crippen molar-refractivity contribution in [2.24, 2.45) is 5.84 Å². The summed E-state index contributed by atoms with van der Waals surface area (Å²) in [6.07, 6.45) is 3.11. The van der Waals surface area contributed by atoms with Crippen LogP contribution in [0.2, 0.25) is 0 Å². The standard InChI is InChI=1S/C13H18BrFN2S/c1-13(6-3-7-18-13)11(17-16)8-9-4-2-5-10(15)12(9)14/h2,4-5,11,17H,3,6-8,16H2,1H3. The van der Waals surface area contributed by atoms with Gasteiger partial charge in [0.05, 0.1) is 4.47 Å². The summed E-state index contributed by atoms with van der Waals surface area (Å²) in [5, 5.41) is 0. The molecule has 1 aromatic carbocycles. The van der Waals surface area contributed by atoms with Crippen LogP contribution in [-0.2, 0) is 6.42 Å². The average Bonchev–Trinajstić information content (AvgIpc) is 2.79. The lowest BCUT2D eigenvalue weighted by Gasteiger charge is -2.33. The third-order valence-corrected chi connectivity index (χ3v) is 6.17. The molecule has 0 aromatic heterocycles. The Kier molecular flexibility index (Phi) is 4.69. The van der Waals surface area contributed by atoms with Crippen molar-refractivity contribution in [3.05, 3.63) is 34.1 Å². The van der Waals surface area contributed by atoms with Crippen LogP contribution in [0, 0.1) is 5.82 Å². The van der Waals surface area contributed by atoms with E-state index in [0.717, 1.165) is 18.4 Å². The number of nitrogens with one attached hydrogen (secondary N) is 1. The number of nitrogens with two attached hydrogens (primary N) is 1.